The second-order valence-corrected chi connectivity index (χ2v) is 7.08. The monoisotopic (exact) mass is 413 g/mol. The van der Waals surface area contributed by atoms with Gasteiger partial charge in [0.15, 0.2) is 0 Å². The number of nitrogens with zero attached hydrogens (tertiary/aromatic N) is 3. The Morgan fingerprint density at radius 1 is 1.24 bits per heavy atom. The first-order chi connectivity index (χ1) is 13.8. The number of hydrogen-bond donors (Lipinski definition) is 0. The number of benzene rings is 2. The number of fused-ring (bicyclic) bond motifs is 1. The molecule has 0 saturated carbocycles. The number of rotatable bonds is 6. The molecule has 8 heteroatoms. The molecule has 3 rings (SSSR count). The number of ether oxygens (including phenoxy) is 2. The molecular weight excluding hydrogens is 394 g/mol. The fourth-order valence-corrected chi connectivity index (χ4v) is 3.42. The van der Waals surface area contributed by atoms with Crippen molar-refractivity contribution in [3.63, 3.8) is 0 Å². The Morgan fingerprint density at radius 3 is 2.66 bits per heavy atom. The SMILES string of the molecule is COc1cc(Cn2c(=O)n([C@H](C)COC(C)=O)c3ccc(C#N)cc32)ccc1Cl. The molecule has 0 aliphatic heterocycles. The number of imidazole rings is 1. The van der Waals surface area contributed by atoms with Crippen LogP contribution >= 0.6 is 11.6 Å². The summed E-state index contributed by atoms with van der Waals surface area (Å²) in [7, 11) is 1.53. The first-order valence-corrected chi connectivity index (χ1v) is 9.34. The Morgan fingerprint density at radius 2 is 2.00 bits per heavy atom. The molecule has 1 heterocycles. The third kappa shape index (κ3) is 4.13. The molecule has 0 amide bonds. The van der Waals surface area contributed by atoms with Gasteiger partial charge in [0.2, 0.25) is 0 Å². The van der Waals surface area contributed by atoms with Gasteiger partial charge >= 0.3 is 11.7 Å². The normalized spacial score (nSPS) is 11.8. The van der Waals surface area contributed by atoms with Crippen LogP contribution in [0.4, 0.5) is 0 Å². The fraction of sp³-hybridized carbons (Fsp3) is 0.286. The Kier molecular flexibility index (Phi) is 5.95. The van der Waals surface area contributed by atoms with Gasteiger partial charge in [0, 0.05) is 6.92 Å². The summed E-state index contributed by atoms with van der Waals surface area (Å²) in [6.45, 7) is 3.47. The van der Waals surface area contributed by atoms with Crippen molar-refractivity contribution in [1.82, 2.24) is 9.13 Å². The molecule has 2 aromatic carbocycles. The zero-order valence-electron chi connectivity index (χ0n) is 16.3. The molecule has 1 atom stereocenters. The van der Waals surface area contributed by atoms with E-state index in [1.54, 1.807) is 46.4 Å². The number of carbonyl (C=O) groups excluding carboxylic acids is 1. The highest BCUT2D eigenvalue weighted by molar-refractivity contribution is 6.32. The van der Waals surface area contributed by atoms with Crippen LogP contribution in [0.3, 0.4) is 0 Å². The minimum Gasteiger partial charge on any atom is -0.495 e. The summed E-state index contributed by atoms with van der Waals surface area (Å²) in [5.74, 6) is 0.107. The maximum atomic E-state index is 13.2. The van der Waals surface area contributed by atoms with Crippen molar-refractivity contribution < 1.29 is 14.3 Å². The molecule has 3 aromatic rings. The molecule has 0 bridgehead atoms. The maximum absolute atomic E-state index is 13.2. The summed E-state index contributed by atoms with van der Waals surface area (Å²) in [5, 5.41) is 9.75. The lowest BCUT2D eigenvalue weighted by molar-refractivity contribution is -0.141. The summed E-state index contributed by atoms with van der Waals surface area (Å²) >= 11 is 6.10. The summed E-state index contributed by atoms with van der Waals surface area (Å²) in [6, 6.07) is 12.1. The smallest absolute Gasteiger partial charge is 0.329 e. The van der Waals surface area contributed by atoms with Gasteiger partial charge in [0.05, 0.1) is 47.4 Å². The van der Waals surface area contributed by atoms with Gasteiger partial charge in [-0.05, 0) is 42.8 Å². The molecule has 0 aliphatic carbocycles. The van der Waals surface area contributed by atoms with Crippen LogP contribution in [0.15, 0.2) is 41.2 Å². The maximum Gasteiger partial charge on any atom is 0.329 e. The van der Waals surface area contributed by atoms with Crippen LogP contribution in [0.5, 0.6) is 5.75 Å². The van der Waals surface area contributed by atoms with Gasteiger partial charge in [-0.1, -0.05) is 17.7 Å². The van der Waals surface area contributed by atoms with Crippen molar-refractivity contribution in [2.75, 3.05) is 13.7 Å². The second kappa shape index (κ2) is 8.41. The van der Waals surface area contributed by atoms with E-state index in [9.17, 15) is 14.9 Å². The van der Waals surface area contributed by atoms with Gasteiger partial charge in [0.25, 0.3) is 0 Å². The van der Waals surface area contributed by atoms with E-state index in [2.05, 4.69) is 6.07 Å². The molecule has 0 unspecified atom stereocenters. The van der Waals surface area contributed by atoms with Crippen molar-refractivity contribution in [2.24, 2.45) is 0 Å². The molecule has 1 aromatic heterocycles. The molecule has 7 nitrogen and oxygen atoms in total. The Balaban J connectivity index is 2.13. The number of methoxy groups -OCH3 is 1. The zero-order chi connectivity index (χ0) is 21.1. The van der Waals surface area contributed by atoms with Crippen LogP contribution in [0, 0.1) is 11.3 Å². The minimum absolute atomic E-state index is 0.0725. The average Bonchev–Trinajstić information content (AvgIpc) is 2.98. The van der Waals surface area contributed by atoms with Crippen molar-refractivity contribution in [3.05, 3.63) is 63.0 Å². The van der Waals surface area contributed by atoms with Crippen LogP contribution in [0.25, 0.3) is 11.0 Å². The number of nitriles is 1. The lowest BCUT2D eigenvalue weighted by Crippen LogP contribution is -2.29. The van der Waals surface area contributed by atoms with Crippen molar-refractivity contribution in [2.45, 2.75) is 26.4 Å². The molecule has 0 N–H and O–H groups in total. The molecule has 0 aliphatic rings. The predicted octanol–water partition coefficient (Wildman–Crippen LogP) is 3.51. The Hall–Kier alpha value is -3.24. The van der Waals surface area contributed by atoms with Gasteiger partial charge in [-0.3, -0.25) is 13.9 Å². The van der Waals surface area contributed by atoms with E-state index in [0.717, 1.165) is 5.56 Å². The number of carbonyl (C=O) groups is 1. The van der Waals surface area contributed by atoms with E-state index in [1.807, 2.05) is 6.07 Å². The van der Waals surface area contributed by atoms with Crippen LogP contribution < -0.4 is 10.4 Å². The van der Waals surface area contributed by atoms with Gasteiger partial charge in [0.1, 0.15) is 12.4 Å². The fourth-order valence-electron chi connectivity index (χ4n) is 3.23. The molecule has 0 saturated heterocycles. The molecular formula is C21H20ClN3O4. The molecule has 29 heavy (non-hydrogen) atoms. The standard InChI is InChI=1S/C21H20ClN3O4/c1-13(12-29-14(2)26)25-18-7-5-15(10-23)8-19(18)24(21(25)27)11-16-4-6-17(22)20(9-16)28-3/h4-9,13H,11-12H2,1-3H3/t13-/m1/s1. The Labute approximate surface area is 172 Å². The van der Waals surface area contributed by atoms with E-state index in [-0.39, 0.29) is 24.9 Å². The van der Waals surface area contributed by atoms with Gasteiger partial charge < -0.3 is 9.47 Å². The van der Waals surface area contributed by atoms with Gasteiger partial charge in [-0.15, -0.1) is 0 Å². The highest BCUT2D eigenvalue weighted by Gasteiger charge is 2.19. The molecule has 0 radical (unpaired) electrons. The van der Waals surface area contributed by atoms with Gasteiger partial charge in [-0.25, -0.2) is 4.79 Å². The second-order valence-electron chi connectivity index (χ2n) is 6.67. The third-order valence-corrected chi connectivity index (χ3v) is 4.93. The van der Waals surface area contributed by atoms with Crippen LogP contribution in [-0.2, 0) is 16.1 Å². The van der Waals surface area contributed by atoms with Crippen LogP contribution in [0.1, 0.15) is 31.0 Å². The number of esters is 1. The average molecular weight is 414 g/mol. The highest BCUT2D eigenvalue weighted by atomic mass is 35.5. The molecule has 0 fully saturated rings. The number of aromatic nitrogens is 2. The zero-order valence-corrected chi connectivity index (χ0v) is 17.1. The number of halogens is 1. The van der Waals surface area contributed by atoms with Crippen molar-refractivity contribution in [3.8, 4) is 11.8 Å². The molecule has 150 valence electrons. The number of hydrogen-bond acceptors (Lipinski definition) is 5. The van der Waals surface area contributed by atoms with E-state index < -0.39 is 5.97 Å². The highest BCUT2D eigenvalue weighted by Crippen LogP contribution is 2.26. The topological polar surface area (TPSA) is 86.2 Å². The lowest BCUT2D eigenvalue weighted by Gasteiger charge is -2.13. The first kappa shape index (κ1) is 20.5. The summed E-state index contributed by atoms with van der Waals surface area (Å²) in [6.07, 6.45) is 0. The quantitative estimate of drug-likeness (QED) is 0.577. The predicted molar refractivity (Wildman–Crippen MR) is 109 cm³/mol. The third-order valence-electron chi connectivity index (χ3n) is 4.62. The summed E-state index contributed by atoms with van der Waals surface area (Å²) in [4.78, 5) is 24.4. The van der Waals surface area contributed by atoms with Crippen molar-refractivity contribution in [1.29, 1.82) is 5.26 Å². The van der Waals surface area contributed by atoms with E-state index in [1.165, 1.54) is 14.0 Å². The summed E-state index contributed by atoms with van der Waals surface area (Å²) < 4.78 is 13.5. The van der Waals surface area contributed by atoms with Gasteiger partial charge in [-0.2, -0.15) is 5.26 Å². The first-order valence-electron chi connectivity index (χ1n) is 8.96. The van der Waals surface area contributed by atoms with E-state index in [0.29, 0.717) is 27.4 Å². The molecule has 0 spiro atoms. The largest absolute Gasteiger partial charge is 0.495 e. The lowest BCUT2D eigenvalue weighted by atomic mass is 10.2. The Bertz CT molecular complexity index is 1170. The van der Waals surface area contributed by atoms with E-state index in [4.69, 9.17) is 21.1 Å². The van der Waals surface area contributed by atoms with Crippen LogP contribution in [0.2, 0.25) is 5.02 Å². The minimum atomic E-state index is -0.409. The van der Waals surface area contributed by atoms with Crippen LogP contribution in [-0.4, -0.2) is 28.8 Å². The van der Waals surface area contributed by atoms with Crippen molar-refractivity contribution >= 4 is 28.6 Å². The van der Waals surface area contributed by atoms with E-state index >= 15 is 0 Å². The summed E-state index contributed by atoms with van der Waals surface area (Å²) in [5.41, 5.74) is 2.29.